The predicted molar refractivity (Wildman–Crippen MR) is 102 cm³/mol. The van der Waals surface area contributed by atoms with E-state index in [4.69, 9.17) is 9.15 Å². The SMILES string of the molecule is Cc1cccc(OCC(=O)Nc2nnc(Cc3ccc(S(C)(=O)=O)cc3)o2)c1. The number of nitrogens with zero attached hydrogens (tertiary/aromatic N) is 2. The number of hydrogen-bond acceptors (Lipinski definition) is 7. The van der Waals surface area contributed by atoms with Gasteiger partial charge in [-0.2, -0.15) is 0 Å². The molecule has 0 aliphatic rings. The second kappa shape index (κ2) is 8.22. The number of aryl methyl sites for hydroxylation is 1. The van der Waals surface area contributed by atoms with Gasteiger partial charge in [-0.15, -0.1) is 5.10 Å². The Morgan fingerprint density at radius 1 is 1.14 bits per heavy atom. The Labute approximate surface area is 162 Å². The molecular weight excluding hydrogens is 382 g/mol. The van der Waals surface area contributed by atoms with E-state index in [0.717, 1.165) is 17.4 Å². The molecule has 0 saturated carbocycles. The minimum Gasteiger partial charge on any atom is -0.484 e. The van der Waals surface area contributed by atoms with E-state index in [1.54, 1.807) is 18.2 Å². The highest BCUT2D eigenvalue weighted by molar-refractivity contribution is 7.90. The first-order valence-electron chi connectivity index (χ1n) is 8.40. The zero-order chi connectivity index (χ0) is 20.1. The van der Waals surface area contributed by atoms with Crippen LogP contribution < -0.4 is 10.1 Å². The molecule has 1 amide bonds. The van der Waals surface area contributed by atoms with Crippen molar-refractivity contribution in [3.63, 3.8) is 0 Å². The van der Waals surface area contributed by atoms with Gasteiger partial charge < -0.3 is 9.15 Å². The topological polar surface area (TPSA) is 111 Å². The molecule has 1 heterocycles. The molecule has 3 rings (SSSR count). The van der Waals surface area contributed by atoms with E-state index >= 15 is 0 Å². The number of ether oxygens (including phenoxy) is 1. The van der Waals surface area contributed by atoms with Crippen molar-refractivity contribution in [2.75, 3.05) is 18.2 Å². The number of anilines is 1. The van der Waals surface area contributed by atoms with Crippen LogP contribution in [0.1, 0.15) is 17.0 Å². The normalized spacial score (nSPS) is 11.2. The van der Waals surface area contributed by atoms with Gasteiger partial charge in [0, 0.05) is 6.26 Å². The van der Waals surface area contributed by atoms with Crippen LogP contribution in [0.5, 0.6) is 5.75 Å². The lowest BCUT2D eigenvalue weighted by molar-refractivity contribution is -0.118. The number of carbonyl (C=O) groups excluding carboxylic acids is 1. The molecule has 0 unspecified atom stereocenters. The lowest BCUT2D eigenvalue weighted by Crippen LogP contribution is -2.20. The minimum absolute atomic E-state index is 0.0272. The highest BCUT2D eigenvalue weighted by Crippen LogP contribution is 2.15. The van der Waals surface area contributed by atoms with Gasteiger partial charge in [0.1, 0.15) is 5.75 Å². The molecule has 0 aliphatic heterocycles. The summed E-state index contributed by atoms with van der Waals surface area (Å²) in [5.41, 5.74) is 1.83. The van der Waals surface area contributed by atoms with Gasteiger partial charge in [0.25, 0.3) is 5.91 Å². The molecule has 9 heteroatoms. The van der Waals surface area contributed by atoms with Gasteiger partial charge in [0.05, 0.1) is 11.3 Å². The highest BCUT2D eigenvalue weighted by Gasteiger charge is 2.12. The lowest BCUT2D eigenvalue weighted by atomic mass is 10.1. The standard InChI is InChI=1S/C19H19N3O5S/c1-13-4-3-5-15(10-13)26-12-17(23)20-19-22-21-18(27-19)11-14-6-8-16(9-7-14)28(2,24)25/h3-10H,11-12H2,1-2H3,(H,20,22,23). The minimum atomic E-state index is -3.24. The Kier molecular flexibility index (Phi) is 5.74. The summed E-state index contributed by atoms with van der Waals surface area (Å²) < 4.78 is 33.8. The first kappa shape index (κ1) is 19.6. The second-order valence-electron chi connectivity index (χ2n) is 6.25. The van der Waals surface area contributed by atoms with Crippen molar-refractivity contribution in [3.8, 4) is 5.75 Å². The molecule has 0 saturated heterocycles. The van der Waals surface area contributed by atoms with Crippen LogP contribution in [0.3, 0.4) is 0 Å². The lowest BCUT2D eigenvalue weighted by Gasteiger charge is -2.05. The Hall–Kier alpha value is -3.20. The first-order chi connectivity index (χ1) is 13.3. The summed E-state index contributed by atoms with van der Waals surface area (Å²) in [6, 6.07) is 13.7. The quantitative estimate of drug-likeness (QED) is 0.647. The molecular formula is C19H19N3O5S. The number of hydrogen-bond donors (Lipinski definition) is 1. The number of carbonyl (C=O) groups is 1. The van der Waals surface area contributed by atoms with Gasteiger partial charge >= 0.3 is 6.01 Å². The zero-order valence-electron chi connectivity index (χ0n) is 15.4. The van der Waals surface area contributed by atoms with Gasteiger partial charge in [0.15, 0.2) is 16.4 Å². The Morgan fingerprint density at radius 2 is 1.89 bits per heavy atom. The predicted octanol–water partition coefficient (Wildman–Crippen LogP) is 2.39. The fraction of sp³-hybridized carbons (Fsp3) is 0.211. The number of aromatic nitrogens is 2. The van der Waals surface area contributed by atoms with E-state index in [2.05, 4.69) is 15.5 Å². The number of sulfone groups is 1. The maximum atomic E-state index is 11.9. The summed E-state index contributed by atoms with van der Waals surface area (Å²) in [6.45, 7) is 1.75. The maximum absolute atomic E-state index is 11.9. The molecule has 0 bridgehead atoms. The van der Waals surface area contributed by atoms with Crippen molar-refractivity contribution in [3.05, 3.63) is 65.5 Å². The molecule has 0 spiro atoms. The third-order valence-corrected chi connectivity index (χ3v) is 4.91. The molecule has 0 fully saturated rings. The van der Waals surface area contributed by atoms with Gasteiger partial charge in [-0.1, -0.05) is 29.4 Å². The van der Waals surface area contributed by atoms with Gasteiger partial charge in [-0.05, 0) is 42.3 Å². The van der Waals surface area contributed by atoms with Gasteiger partial charge in [-0.3, -0.25) is 10.1 Å². The van der Waals surface area contributed by atoms with Crippen LogP contribution in [-0.2, 0) is 21.1 Å². The van der Waals surface area contributed by atoms with Crippen molar-refractivity contribution in [2.24, 2.45) is 0 Å². The van der Waals surface area contributed by atoms with E-state index in [-0.39, 0.29) is 17.5 Å². The Morgan fingerprint density at radius 3 is 2.57 bits per heavy atom. The molecule has 1 aromatic heterocycles. The monoisotopic (exact) mass is 401 g/mol. The van der Waals surface area contributed by atoms with E-state index in [9.17, 15) is 13.2 Å². The zero-order valence-corrected chi connectivity index (χ0v) is 16.2. The number of benzene rings is 2. The smallest absolute Gasteiger partial charge is 0.322 e. The summed E-state index contributed by atoms with van der Waals surface area (Å²) in [6.07, 6.45) is 1.46. The van der Waals surface area contributed by atoms with Crippen LogP contribution in [0.2, 0.25) is 0 Å². The van der Waals surface area contributed by atoms with Crippen LogP contribution in [0.25, 0.3) is 0 Å². The summed E-state index contributed by atoms with van der Waals surface area (Å²) in [4.78, 5) is 12.2. The molecule has 0 radical (unpaired) electrons. The number of amides is 1. The van der Waals surface area contributed by atoms with E-state index < -0.39 is 15.7 Å². The van der Waals surface area contributed by atoms with Crippen molar-refractivity contribution in [1.29, 1.82) is 0 Å². The van der Waals surface area contributed by atoms with Crippen LogP contribution in [0, 0.1) is 6.92 Å². The summed E-state index contributed by atoms with van der Waals surface area (Å²) in [7, 11) is -3.24. The fourth-order valence-corrected chi connectivity index (χ4v) is 3.04. The molecule has 2 aromatic carbocycles. The van der Waals surface area contributed by atoms with Crippen molar-refractivity contribution in [1.82, 2.24) is 10.2 Å². The molecule has 3 aromatic rings. The van der Waals surface area contributed by atoms with Crippen LogP contribution >= 0.6 is 0 Å². The molecule has 0 atom stereocenters. The largest absolute Gasteiger partial charge is 0.484 e. The summed E-state index contributed by atoms with van der Waals surface area (Å²) in [5, 5.41) is 10.1. The summed E-state index contributed by atoms with van der Waals surface area (Å²) in [5.74, 6) is 0.468. The van der Waals surface area contributed by atoms with Crippen LogP contribution in [0.15, 0.2) is 57.8 Å². The Balaban J connectivity index is 1.54. The molecule has 0 aliphatic carbocycles. The van der Waals surface area contributed by atoms with E-state index in [1.807, 2.05) is 25.1 Å². The average Bonchev–Trinajstić information content (AvgIpc) is 3.06. The van der Waals surface area contributed by atoms with Gasteiger partial charge in [-0.25, -0.2) is 8.42 Å². The highest BCUT2D eigenvalue weighted by atomic mass is 32.2. The van der Waals surface area contributed by atoms with Crippen molar-refractivity contribution < 1.29 is 22.4 Å². The fourth-order valence-electron chi connectivity index (χ4n) is 2.41. The van der Waals surface area contributed by atoms with E-state index in [1.165, 1.54) is 12.1 Å². The molecule has 8 nitrogen and oxygen atoms in total. The van der Waals surface area contributed by atoms with E-state index in [0.29, 0.717) is 18.1 Å². The van der Waals surface area contributed by atoms with Crippen molar-refractivity contribution >= 4 is 21.8 Å². The number of nitrogens with one attached hydrogen (secondary N) is 1. The number of rotatable bonds is 7. The van der Waals surface area contributed by atoms with Crippen LogP contribution in [0.4, 0.5) is 6.01 Å². The molecule has 1 N–H and O–H groups in total. The third kappa shape index (κ3) is 5.40. The third-order valence-electron chi connectivity index (χ3n) is 3.78. The van der Waals surface area contributed by atoms with Crippen LogP contribution in [-0.4, -0.2) is 37.4 Å². The molecule has 28 heavy (non-hydrogen) atoms. The maximum Gasteiger partial charge on any atom is 0.322 e. The summed E-state index contributed by atoms with van der Waals surface area (Å²) >= 11 is 0. The average molecular weight is 401 g/mol. The van der Waals surface area contributed by atoms with Gasteiger partial charge in [0.2, 0.25) is 5.89 Å². The molecule has 146 valence electrons. The Bertz CT molecular complexity index is 1070. The first-order valence-corrected chi connectivity index (χ1v) is 10.3. The van der Waals surface area contributed by atoms with Crippen molar-refractivity contribution in [2.45, 2.75) is 18.2 Å². The second-order valence-corrected chi connectivity index (χ2v) is 8.26.